The van der Waals surface area contributed by atoms with Crippen molar-refractivity contribution in [2.45, 2.75) is 187 Å². The fraction of sp³-hybridized carbons (Fsp3) is 0.767. The first-order valence-corrected chi connectivity index (χ1v) is 22.7. The Morgan fingerprint density at radius 3 is 1.54 bits per heavy atom. The molecule has 314 valence electrons. The molecule has 0 fully saturated rings. The lowest BCUT2D eigenvalue weighted by atomic mass is 10.1. The lowest BCUT2D eigenvalue weighted by Crippen LogP contribution is -2.34. The SMILES string of the molecule is CCCCC/C=C\C/C=C\C/C=C\CCCCCCCCC(=O)OC(COCCCCCCCC/C=C\CCCCC)COP(=O)(O)OCC(N)C(=O)O. The Labute approximate surface area is 329 Å². The van der Waals surface area contributed by atoms with Gasteiger partial charge >= 0.3 is 19.8 Å². The van der Waals surface area contributed by atoms with Crippen molar-refractivity contribution in [1.82, 2.24) is 0 Å². The number of carboxylic acid groups (broad SMARTS) is 1. The highest BCUT2D eigenvalue weighted by atomic mass is 31.2. The largest absolute Gasteiger partial charge is 0.480 e. The molecule has 3 unspecified atom stereocenters. The Bertz CT molecular complexity index is 1050. The van der Waals surface area contributed by atoms with Crippen molar-refractivity contribution >= 4 is 19.8 Å². The minimum absolute atomic E-state index is 0.00619. The van der Waals surface area contributed by atoms with Crippen molar-refractivity contribution in [3.63, 3.8) is 0 Å². The van der Waals surface area contributed by atoms with E-state index < -0.39 is 45.1 Å². The maximum atomic E-state index is 12.6. The molecule has 0 aromatic heterocycles. The quantitative estimate of drug-likeness (QED) is 0.0237. The van der Waals surface area contributed by atoms with Crippen LogP contribution in [0.4, 0.5) is 0 Å². The summed E-state index contributed by atoms with van der Waals surface area (Å²) < 4.78 is 33.3. The van der Waals surface area contributed by atoms with Crippen LogP contribution >= 0.6 is 7.82 Å². The molecule has 0 aliphatic heterocycles. The van der Waals surface area contributed by atoms with Crippen LogP contribution in [0.2, 0.25) is 0 Å². The maximum Gasteiger partial charge on any atom is 0.472 e. The third-order valence-corrected chi connectivity index (χ3v) is 9.78. The van der Waals surface area contributed by atoms with Gasteiger partial charge in [-0.3, -0.25) is 18.6 Å². The summed E-state index contributed by atoms with van der Waals surface area (Å²) in [5, 5.41) is 8.88. The Hall–Kier alpha value is -2.07. The van der Waals surface area contributed by atoms with Crippen LogP contribution in [0, 0.1) is 0 Å². The number of carbonyl (C=O) groups is 2. The zero-order valence-corrected chi connectivity index (χ0v) is 35.0. The number of allylic oxidation sites excluding steroid dienone is 8. The van der Waals surface area contributed by atoms with Crippen molar-refractivity contribution in [3.05, 3.63) is 48.6 Å². The highest BCUT2D eigenvalue weighted by Crippen LogP contribution is 2.43. The molecule has 0 saturated heterocycles. The summed E-state index contributed by atoms with van der Waals surface area (Å²) in [5.74, 6) is -1.80. The van der Waals surface area contributed by atoms with Gasteiger partial charge in [-0.15, -0.1) is 0 Å². The number of hydrogen-bond acceptors (Lipinski definition) is 8. The van der Waals surface area contributed by atoms with E-state index in [0.29, 0.717) is 13.0 Å². The summed E-state index contributed by atoms with van der Waals surface area (Å²) in [6.07, 6.45) is 44.4. The monoisotopic (exact) mass is 784 g/mol. The molecular weight excluding hydrogens is 705 g/mol. The summed E-state index contributed by atoms with van der Waals surface area (Å²) in [6, 6.07) is -1.48. The summed E-state index contributed by atoms with van der Waals surface area (Å²) in [5.41, 5.74) is 5.35. The smallest absolute Gasteiger partial charge is 0.472 e. The molecule has 0 aliphatic rings. The van der Waals surface area contributed by atoms with Crippen LogP contribution in [-0.4, -0.2) is 60.5 Å². The fourth-order valence-corrected chi connectivity index (χ4v) is 6.26. The lowest BCUT2D eigenvalue weighted by molar-refractivity contribution is -0.154. The van der Waals surface area contributed by atoms with Crippen molar-refractivity contribution < 1.29 is 42.7 Å². The Morgan fingerprint density at radius 1 is 0.593 bits per heavy atom. The highest BCUT2D eigenvalue weighted by Gasteiger charge is 2.27. The summed E-state index contributed by atoms with van der Waals surface area (Å²) in [7, 11) is -4.62. The van der Waals surface area contributed by atoms with Gasteiger partial charge in [-0.2, -0.15) is 0 Å². The molecule has 54 heavy (non-hydrogen) atoms. The number of phosphoric ester groups is 1. The van der Waals surface area contributed by atoms with Gasteiger partial charge < -0.3 is 25.2 Å². The molecule has 0 saturated carbocycles. The first-order valence-electron chi connectivity index (χ1n) is 21.2. The van der Waals surface area contributed by atoms with Crippen LogP contribution in [0.25, 0.3) is 0 Å². The van der Waals surface area contributed by atoms with Crippen LogP contribution in [0.3, 0.4) is 0 Å². The van der Waals surface area contributed by atoms with E-state index in [9.17, 15) is 19.0 Å². The minimum Gasteiger partial charge on any atom is -0.480 e. The van der Waals surface area contributed by atoms with Crippen LogP contribution in [0.5, 0.6) is 0 Å². The van der Waals surface area contributed by atoms with Crippen molar-refractivity contribution in [3.8, 4) is 0 Å². The van der Waals surface area contributed by atoms with Gasteiger partial charge in [0, 0.05) is 13.0 Å². The van der Waals surface area contributed by atoms with Crippen LogP contribution in [0.15, 0.2) is 48.6 Å². The highest BCUT2D eigenvalue weighted by molar-refractivity contribution is 7.47. The molecular formula is C43H78NO9P. The van der Waals surface area contributed by atoms with E-state index in [1.54, 1.807) is 0 Å². The molecule has 0 aromatic carbocycles. The van der Waals surface area contributed by atoms with Crippen molar-refractivity contribution in [1.29, 1.82) is 0 Å². The normalized spacial score (nSPS) is 14.4. The molecule has 0 aliphatic carbocycles. The Balaban J connectivity index is 4.28. The van der Waals surface area contributed by atoms with Gasteiger partial charge in [0.05, 0.1) is 19.8 Å². The average Bonchev–Trinajstić information content (AvgIpc) is 3.15. The van der Waals surface area contributed by atoms with E-state index in [4.69, 9.17) is 29.4 Å². The van der Waals surface area contributed by atoms with E-state index in [2.05, 4.69) is 62.5 Å². The topological polar surface area (TPSA) is 155 Å². The number of hydrogen-bond donors (Lipinski definition) is 3. The number of nitrogens with two attached hydrogens (primary N) is 1. The van der Waals surface area contributed by atoms with E-state index in [1.165, 1.54) is 70.6 Å². The Morgan fingerprint density at radius 2 is 1.02 bits per heavy atom. The predicted octanol–water partition coefficient (Wildman–Crippen LogP) is 11.5. The van der Waals surface area contributed by atoms with Gasteiger partial charge in [-0.05, 0) is 77.0 Å². The average molecular weight is 784 g/mol. The molecule has 0 aromatic rings. The van der Waals surface area contributed by atoms with Gasteiger partial charge in [0.2, 0.25) is 0 Å². The molecule has 4 N–H and O–H groups in total. The molecule has 11 heteroatoms. The predicted molar refractivity (Wildman–Crippen MR) is 221 cm³/mol. The minimum atomic E-state index is -4.62. The number of unbranched alkanes of at least 4 members (excludes halogenated alkanes) is 18. The number of carboxylic acids is 1. The van der Waals surface area contributed by atoms with Gasteiger partial charge in [0.25, 0.3) is 0 Å². The molecule has 0 spiro atoms. The van der Waals surface area contributed by atoms with Crippen molar-refractivity contribution in [2.75, 3.05) is 26.4 Å². The number of carbonyl (C=O) groups excluding carboxylic acids is 1. The van der Waals surface area contributed by atoms with E-state index in [0.717, 1.165) is 77.0 Å². The van der Waals surface area contributed by atoms with E-state index >= 15 is 0 Å². The number of aliphatic carboxylic acids is 1. The second kappa shape index (κ2) is 39.2. The zero-order valence-electron chi connectivity index (χ0n) is 34.1. The summed E-state index contributed by atoms with van der Waals surface area (Å²) in [6.45, 7) is 3.79. The number of phosphoric acid groups is 1. The lowest BCUT2D eigenvalue weighted by Gasteiger charge is -2.20. The van der Waals surface area contributed by atoms with Crippen LogP contribution < -0.4 is 5.73 Å². The standard InChI is InChI=1S/C43H78NO9P/c1-3-5-7-9-11-13-15-17-18-19-20-21-22-23-25-27-29-31-33-35-42(45)53-40(38-51-54(48,49)52-39-41(44)43(46)47)37-50-36-34-32-30-28-26-24-16-14-12-10-8-6-4-2/h11-14,17-18,20-21,40-41H,3-10,15-16,19,22-39,44H2,1-2H3,(H,46,47)(H,48,49)/b13-11-,14-12-,18-17-,21-20-. The Kier molecular flexibility index (Phi) is 37.7. The molecule has 0 radical (unpaired) electrons. The third-order valence-electron chi connectivity index (χ3n) is 8.83. The number of ether oxygens (including phenoxy) is 2. The first-order chi connectivity index (χ1) is 26.2. The summed E-state index contributed by atoms with van der Waals surface area (Å²) >= 11 is 0. The van der Waals surface area contributed by atoms with E-state index in [1.807, 2.05) is 0 Å². The van der Waals surface area contributed by atoms with Crippen LogP contribution in [0.1, 0.15) is 174 Å². The van der Waals surface area contributed by atoms with Gasteiger partial charge in [-0.1, -0.05) is 140 Å². The van der Waals surface area contributed by atoms with Gasteiger partial charge in [0.1, 0.15) is 12.1 Å². The van der Waals surface area contributed by atoms with Crippen LogP contribution in [-0.2, 0) is 32.7 Å². The van der Waals surface area contributed by atoms with Gasteiger partial charge in [-0.25, -0.2) is 4.57 Å². The molecule has 10 nitrogen and oxygen atoms in total. The maximum absolute atomic E-state index is 12.6. The third kappa shape index (κ3) is 38.2. The first kappa shape index (κ1) is 51.9. The fourth-order valence-electron chi connectivity index (χ4n) is 5.49. The second-order valence-corrected chi connectivity index (χ2v) is 15.6. The molecule has 0 bridgehead atoms. The number of esters is 1. The van der Waals surface area contributed by atoms with Gasteiger partial charge in [0.15, 0.2) is 0 Å². The molecule has 0 rings (SSSR count). The number of rotatable bonds is 40. The molecule has 0 amide bonds. The van der Waals surface area contributed by atoms with Crippen molar-refractivity contribution in [2.24, 2.45) is 5.73 Å². The second-order valence-electron chi connectivity index (χ2n) is 14.1. The molecule has 3 atom stereocenters. The molecule has 0 heterocycles. The van der Waals surface area contributed by atoms with E-state index in [-0.39, 0.29) is 13.0 Å². The summed E-state index contributed by atoms with van der Waals surface area (Å²) in [4.78, 5) is 33.5. The zero-order chi connectivity index (χ0) is 39.8.